The summed E-state index contributed by atoms with van der Waals surface area (Å²) in [5.74, 6) is -0.474. The van der Waals surface area contributed by atoms with Crippen LogP contribution in [0.25, 0.3) is 0 Å². The monoisotopic (exact) mass is 357 g/mol. The number of carbonyl (C=O) groups excluding carboxylic acids is 3. The number of rotatable bonds is 4. The number of hydrogen-bond acceptors (Lipinski definition) is 5. The van der Waals surface area contributed by atoms with Crippen LogP contribution >= 0.6 is 0 Å². The fourth-order valence-electron chi connectivity index (χ4n) is 2.96. The standard InChI is InChI=1S/C14H14F3N5O3/c15-14(16,17)8-3-9(5-18-7-23)19-10(4-8)22-2-1-13(6-22)11(24)20-12(25)21-13/h3-4,7H,1-2,5-6H2,(H,18,23)(H2,20,21,24,25). The first-order valence-corrected chi connectivity index (χ1v) is 7.37. The van der Waals surface area contributed by atoms with Gasteiger partial charge in [-0.25, -0.2) is 9.78 Å². The quantitative estimate of drug-likeness (QED) is 0.525. The van der Waals surface area contributed by atoms with Gasteiger partial charge in [-0.3, -0.25) is 14.9 Å². The average Bonchev–Trinajstić information content (AvgIpc) is 3.08. The number of carbonyl (C=O) groups is 3. The number of nitrogens with zero attached hydrogens (tertiary/aromatic N) is 2. The van der Waals surface area contributed by atoms with Crippen LogP contribution in [0.2, 0.25) is 0 Å². The van der Waals surface area contributed by atoms with Crippen molar-refractivity contribution in [2.75, 3.05) is 18.0 Å². The van der Waals surface area contributed by atoms with Gasteiger partial charge in [0.1, 0.15) is 11.4 Å². The molecular formula is C14H14F3N5O3. The van der Waals surface area contributed by atoms with Gasteiger partial charge in [0.05, 0.1) is 24.3 Å². The second-order valence-corrected chi connectivity index (χ2v) is 5.86. The molecule has 1 atom stereocenters. The van der Waals surface area contributed by atoms with Gasteiger partial charge in [-0.05, 0) is 18.6 Å². The molecule has 4 amide bonds. The molecule has 1 aromatic heterocycles. The van der Waals surface area contributed by atoms with E-state index in [1.807, 2.05) is 0 Å². The summed E-state index contributed by atoms with van der Waals surface area (Å²) in [6.07, 6.45) is -3.96. The van der Waals surface area contributed by atoms with Crippen LogP contribution in [0.15, 0.2) is 12.1 Å². The van der Waals surface area contributed by atoms with Crippen LogP contribution < -0.4 is 20.9 Å². The molecule has 0 bridgehead atoms. The van der Waals surface area contributed by atoms with Crippen LogP contribution in [0.5, 0.6) is 0 Å². The number of nitrogens with one attached hydrogen (secondary N) is 3. The number of amides is 4. The van der Waals surface area contributed by atoms with Crippen molar-refractivity contribution in [3.8, 4) is 0 Å². The van der Waals surface area contributed by atoms with E-state index >= 15 is 0 Å². The molecule has 0 radical (unpaired) electrons. The summed E-state index contributed by atoms with van der Waals surface area (Å²) >= 11 is 0. The van der Waals surface area contributed by atoms with E-state index in [-0.39, 0.29) is 37.6 Å². The molecule has 11 heteroatoms. The van der Waals surface area contributed by atoms with Crippen molar-refractivity contribution in [2.45, 2.75) is 24.7 Å². The third-order valence-corrected chi connectivity index (χ3v) is 4.17. The SMILES string of the molecule is O=CNCc1cc(C(F)(F)F)cc(N2CCC3(C2)NC(=O)NC3=O)n1. The second kappa shape index (κ2) is 5.90. The lowest BCUT2D eigenvalue weighted by Gasteiger charge is -2.23. The maximum atomic E-state index is 13.1. The van der Waals surface area contributed by atoms with Crippen molar-refractivity contribution < 1.29 is 27.6 Å². The number of hydrogen-bond donors (Lipinski definition) is 3. The van der Waals surface area contributed by atoms with Gasteiger partial charge in [0.25, 0.3) is 5.91 Å². The summed E-state index contributed by atoms with van der Waals surface area (Å²) in [6, 6.07) is 1.12. The molecule has 3 N–H and O–H groups in total. The Morgan fingerprint density at radius 2 is 2.12 bits per heavy atom. The fourth-order valence-corrected chi connectivity index (χ4v) is 2.96. The lowest BCUT2D eigenvalue weighted by Crippen LogP contribution is -2.49. The summed E-state index contributed by atoms with van der Waals surface area (Å²) in [6.45, 7) is 0.110. The third kappa shape index (κ3) is 3.21. The van der Waals surface area contributed by atoms with E-state index in [0.29, 0.717) is 6.41 Å². The Labute approximate surface area is 139 Å². The molecule has 1 aromatic rings. The molecule has 0 aromatic carbocycles. The Balaban J connectivity index is 1.90. The van der Waals surface area contributed by atoms with Crippen molar-refractivity contribution >= 4 is 24.2 Å². The highest BCUT2D eigenvalue weighted by Gasteiger charge is 2.51. The highest BCUT2D eigenvalue weighted by Crippen LogP contribution is 2.34. The first-order valence-electron chi connectivity index (χ1n) is 7.37. The Hall–Kier alpha value is -2.85. The van der Waals surface area contributed by atoms with Crippen molar-refractivity contribution in [1.82, 2.24) is 20.9 Å². The molecule has 2 aliphatic heterocycles. The predicted molar refractivity (Wildman–Crippen MR) is 78.4 cm³/mol. The first kappa shape index (κ1) is 17.0. The minimum absolute atomic E-state index is 0.0133. The van der Waals surface area contributed by atoms with Gasteiger partial charge >= 0.3 is 12.2 Å². The van der Waals surface area contributed by atoms with E-state index in [1.54, 1.807) is 0 Å². The summed E-state index contributed by atoms with van der Waals surface area (Å²) in [4.78, 5) is 39.3. The third-order valence-electron chi connectivity index (χ3n) is 4.17. The van der Waals surface area contributed by atoms with Crippen LogP contribution in [0.1, 0.15) is 17.7 Å². The summed E-state index contributed by atoms with van der Waals surface area (Å²) < 4.78 is 39.3. The van der Waals surface area contributed by atoms with Crippen molar-refractivity contribution in [3.63, 3.8) is 0 Å². The average molecular weight is 357 g/mol. The smallest absolute Gasteiger partial charge is 0.354 e. The van der Waals surface area contributed by atoms with Gasteiger partial charge in [0.15, 0.2) is 0 Å². The number of pyridine rings is 1. The number of anilines is 1. The molecule has 3 rings (SSSR count). The molecule has 134 valence electrons. The number of aromatic nitrogens is 1. The number of imide groups is 1. The van der Waals surface area contributed by atoms with Crippen molar-refractivity contribution in [2.24, 2.45) is 0 Å². The number of urea groups is 1. The molecular weight excluding hydrogens is 343 g/mol. The van der Waals surface area contributed by atoms with E-state index in [4.69, 9.17) is 0 Å². The largest absolute Gasteiger partial charge is 0.416 e. The highest BCUT2D eigenvalue weighted by molar-refractivity contribution is 6.07. The van der Waals surface area contributed by atoms with E-state index in [0.717, 1.165) is 12.1 Å². The molecule has 3 heterocycles. The molecule has 0 saturated carbocycles. The lowest BCUT2D eigenvalue weighted by molar-refractivity contribution is -0.137. The zero-order valence-corrected chi connectivity index (χ0v) is 12.8. The van der Waals surface area contributed by atoms with Gasteiger partial charge in [0, 0.05) is 6.54 Å². The number of halogens is 3. The van der Waals surface area contributed by atoms with Crippen LogP contribution in [-0.2, 0) is 22.3 Å². The van der Waals surface area contributed by atoms with E-state index < -0.39 is 29.2 Å². The van der Waals surface area contributed by atoms with Crippen molar-refractivity contribution in [1.29, 1.82) is 0 Å². The van der Waals surface area contributed by atoms with E-state index in [2.05, 4.69) is 20.9 Å². The van der Waals surface area contributed by atoms with Crippen molar-refractivity contribution in [3.05, 3.63) is 23.4 Å². The Bertz CT molecular complexity index is 739. The molecule has 8 nitrogen and oxygen atoms in total. The zero-order chi connectivity index (χ0) is 18.2. The zero-order valence-electron chi connectivity index (χ0n) is 12.8. The van der Waals surface area contributed by atoms with E-state index in [1.165, 1.54) is 4.90 Å². The fraction of sp³-hybridized carbons (Fsp3) is 0.429. The Kier molecular flexibility index (Phi) is 4.01. The summed E-state index contributed by atoms with van der Waals surface area (Å²) in [7, 11) is 0. The topological polar surface area (TPSA) is 103 Å². The molecule has 2 fully saturated rings. The highest BCUT2D eigenvalue weighted by atomic mass is 19.4. The van der Waals surface area contributed by atoms with Crippen LogP contribution in [0.3, 0.4) is 0 Å². The van der Waals surface area contributed by atoms with Crippen LogP contribution in [0, 0.1) is 0 Å². The second-order valence-electron chi connectivity index (χ2n) is 5.86. The Morgan fingerprint density at radius 1 is 1.36 bits per heavy atom. The minimum atomic E-state index is -4.58. The van der Waals surface area contributed by atoms with Gasteiger partial charge in [-0.15, -0.1) is 0 Å². The van der Waals surface area contributed by atoms with E-state index in [9.17, 15) is 27.6 Å². The molecule has 1 spiro atoms. The Morgan fingerprint density at radius 3 is 2.72 bits per heavy atom. The number of alkyl halides is 3. The van der Waals surface area contributed by atoms with Gasteiger partial charge < -0.3 is 15.5 Å². The van der Waals surface area contributed by atoms with Gasteiger partial charge in [-0.2, -0.15) is 13.2 Å². The van der Waals surface area contributed by atoms with Crippen LogP contribution in [-0.4, -0.2) is 42.0 Å². The van der Waals surface area contributed by atoms with Crippen LogP contribution in [0.4, 0.5) is 23.8 Å². The molecule has 2 saturated heterocycles. The molecule has 2 aliphatic rings. The summed E-state index contributed by atoms with van der Waals surface area (Å²) in [5, 5.41) is 6.93. The van der Waals surface area contributed by atoms with Gasteiger partial charge in [-0.1, -0.05) is 0 Å². The molecule has 25 heavy (non-hydrogen) atoms. The van der Waals surface area contributed by atoms with Gasteiger partial charge in [0.2, 0.25) is 6.41 Å². The minimum Gasteiger partial charge on any atom is -0.354 e. The molecule has 0 aliphatic carbocycles. The maximum absolute atomic E-state index is 13.1. The predicted octanol–water partition coefficient (Wildman–Crippen LogP) is 0.135. The molecule has 1 unspecified atom stereocenters. The summed E-state index contributed by atoms with van der Waals surface area (Å²) in [5.41, 5.74) is -2.02. The normalized spacial score (nSPS) is 22.9. The maximum Gasteiger partial charge on any atom is 0.416 e. The lowest BCUT2D eigenvalue weighted by atomic mass is 10.00. The first-order chi connectivity index (χ1) is 11.7.